The van der Waals surface area contributed by atoms with E-state index < -0.39 is 24.4 Å². The van der Waals surface area contributed by atoms with E-state index in [0.29, 0.717) is 6.29 Å². The number of rotatable bonds is 4. The lowest BCUT2D eigenvalue weighted by molar-refractivity contribution is -0.115. The summed E-state index contributed by atoms with van der Waals surface area (Å²) >= 11 is 0. The average molecular weight is 163 g/mol. The summed E-state index contributed by atoms with van der Waals surface area (Å²) in [7, 11) is 0. The van der Waals surface area contributed by atoms with E-state index in [2.05, 4.69) is 0 Å². The third-order valence-electron chi connectivity index (χ3n) is 1.40. The van der Waals surface area contributed by atoms with E-state index in [-0.39, 0.29) is 0 Å². The molecular formula is C6H13NO4. The van der Waals surface area contributed by atoms with Crippen LogP contribution in [-0.4, -0.2) is 46.0 Å². The Morgan fingerprint density at radius 1 is 1.27 bits per heavy atom. The molecule has 5 N–H and O–H groups in total. The normalized spacial score (nSPS) is 21.9. The molecule has 5 nitrogen and oxygen atoms in total. The summed E-state index contributed by atoms with van der Waals surface area (Å²) in [6, 6.07) is -1.15. The molecule has 0 aromatic rings. The standard InChI is InChI=1S/C6H13NO4/c1-3(9)5(10)6(11)4(7)2-8/h2-6,9-11H,7H2,1H3/t3-,4-,5-,6-/m1/s1. The first kappa shape index (κ1) is 10.5. The van der Waals surface area contributed by atoms with Crippen molar-refractivity contribution in [3.05, 3.63) is 0 Å². The summed E-state index contributed by atoms with van der Waals surface area (Å²) in [6.45, 7) is 1.30. The van der Waals surface area contributed by atoms with Crippen molar-refractivity contribution in [2.45, 2.75) is 31.3 Å². The second-order valence-electron chi connectivity index (χ2n) is 2.44. The molecular weight excluding hydrogens is 150 g/mol. The number of carbonyl (C=O) groups is 1. The molecule has 0 saturated heterocycles. The topological polar surface area (TPSA) is 104 Å². The first-order valence-corrected chi connectivity index (χ1v) is 3.25. The van der Waals surface area contributed by atoms with Gasteiger partial charge in [0.25, 0.3) is 0 Å². The highest BCUT2D eigenvalue weighted by molar-refractivity contribution is 5.58. The van der Waals surface area contributed by atoms with Crippen molar-refractivity contribution in [3.8, 4) is 0 Å². The van der Waals surface area contributed by atoms with Crippen LogP contribution in [0, 0.1) is 0 Å². The highest BCUT2D eigenvalue weighted by Gasteiger charge is 2.26. The highest BCUT2D eigenvalue weighted by Crippen LogP contribution is 2.01. The van der Waals surface area contributed by atoms with Gasteiger partial charge in [-0.2, -0.15) is 0 Å². The predicted octanol–water partition coefficient (Wildman–Crippen LogP) is -2.38. The Morgan fingerprint density at radius 3 is 2.00 bits per heavy atom. The molecule has 11 heavy (non-hydrogen) atoms. The first-order valence-electron chi connectivity index (χ1n) is 3.25. The van der Waals surface area contributed by atoms with E-state index in [1.165, 1.54) is 6.92 Å². The molecule has 0 heterocycles. The van der Waals surface area contributed by atoms with Crippen molar-refractivity contribution in [1.82, 2.24) is 0 Å². The highest BCUT2D eigenvalue weighted by atomic mass is 16.4. The van der Waals surface area contributed by atoms with E-state index in [1.54, 1.807) is 0 Å². The molecule has 0 aromatic carbocycles. The summed E-state index contributed by atoms with van der Waals surface area (Å²) < 4.78 is 0. The molecule has 0 aliphatic carbocycles. The van der Waals surface area contributed by atoms with Gasteiger partial charge in [-0.25, -0.2) is 0 Å². The zero-order chi connectivity index (χ0) is 9.02. The molecule has 0 saturated carbocycles. The minimum absolute atomic E-state index is 0.316. The van der Waals surface area contributed by atoms with Gasteiger partial charge >= 0.3 is 0 Å². The number of carbonyl (C=O) groups excluding carboxylic acids is 1. The van der Waals surface area contributed by atoms with Gasteiger partial charge < -0.3 is 25.8 Å². The minimum atomic E-state index is -1.41. The van der Waals surface area contributed by atoms with Crippen LogP contribution in [0.1, 0.15) is 6.92 Å². The zero-order valence-electron chi connectivity index (χ0n) is 6.21. The summed E-state index contributed by atoms with van der Waals surface area (Å²) in [4.78, 5) is 10.00. The van der Waals surface area contributed by atoms with E-state index >= 15 is 0 Å². The van der Waals surface area contributed by atoms with Crippen molar-refractivity contribution < 1.29 is 20.1 Å². The predicted molar refractivity (Wildman–Crippen MR) is 37.7 cm³/mol. The molecule has 0 aliphatic heterocycles. The van der Waals surface area contributed by atoms with Gasteiger partial charge in [0.05, 0.1) is 12.1 Å². The molecule has 0 aliphatic rings. The lowest BCUT2D eigenvalue weighted by Crippen LogP contribution is -2.48. The molecule has 0 aromatic heterocycles. The zero-order valence-corrected chi connectivity index (χ0v) is 6.21. The Morgan fingerprint density at radius 2 is 1.73 bits per heavy atom. The fourth-order valence-corrected chi connectivity index (χ4v) is 0.594. The lowest BCUT2D eigenvalue weighted by Gasteiger charge is -2.21. The molecule has 0 spiro atoms. The van der Waals surface area contributed by atoms with Crippen molar-refractivity contribution in [3.63, 3.8) is 0 Å². The lowest BCUT2D eigenvalue weighted by atomic mass is 10.0. The van der Waals surface area contributed by atoms with Crippen LogP contribution in [0.4, 0.5) is 0 Å². The Labute approximate surface area is 64.4 Å². The largest absolute Gasteiger partial charge is 0.391 e. The van der Waals surface area contributed by atoms with Gasteiger partial charge in [-0.1, -0.05) is 0 Å². The van der Waals surface area contributed by atoms with Gasteiger partial charge in [0.1, 0.15) is 18.5 Å². The van der Waals surface area contributed by atoms with Gasteiger partial charge in [0.15, 0.2) is 0 Å². The quantitative estimate of drug-likeness (QED) is 0.346. The fraction of sp³-hybridized carbons (Fsp3) is 0.833. The van der Waals surface area contributed by atoms with Crippen molar-refractivity contribution >= 4 is 6.29 Å². The minimum Gasteiger partial charge on any atom is -0.391 e. The number of hydrogen-bond acceptors (Lipinski definition) is 5. The maximum Gasteiger partial charge on any atom is 0.139 e. The van der Waals surface area contributed by atoms with Crippen LogP contribution in [0.25, 0.3) is 0 Å². The van der Waals surface area contributed by atoms with Gasteiger partial charge in [-0.3, -0.25) is 0 Å². The Hall–Kier alpha value is -0.490. The van der Waals surface area contributed by atoms with Crippen LogP contribution in [0.15, 0.2) is 0 Å². The van der Waals surface area contributed by atoms with Gasteiger partial charge in [0.2, 0.25) is 0 Å². The molecule has 5 heteroatoms. The summed E-state index contributed by atoms with van der Waals surface area (Å²) in [5.41, 5.74) is 5.07. The van der Waals surface area contributed by atoms with E-state index in [9.17, 15) is 4.79 Å². The van der Waals surface area contributed by atoms with Crippen LogP contribution in [0.5, 0.6) is 0 Å². The number of hydrogen-bond donors (Lipinski definition) is 4. The van der Waals surface area contributed by atoms with E-state index in [1.807, 2.05) is 0 Å². The molecule has 0 bridgehead atoms. The Bertz CT molecular complexity index is 128. The number of nitrogens with two attached hydrogens (primary N) is 1. The second kappa shape index (κ2) is 4.40. The third-order valence-corrected chi connectivity index (χ3v) is 1.40. The molecule has 66 valence electrons. The van der Waals surface area contributed by atoms with Crippen molar-refractivity contribution in [2.24, 2.45) is 5.73 Å². The van der Waals surface area contributed by atoms with E-state index in [4.69, 9.17) is 21.1 Å². The maximum atomic E-state index is 10.00. The van der Waals surface area contributed by atoms with Crippen LogP contribution in [0.3, 0.4) is 0 Å². The van der Waals surface area contributed by atoms with Gasteiger partial charge in [-0.05, 0) is 6.92 Å². The van der Waals surface area contributed by atoms with Crippen molar-refractivity contribution in [2.75, 3.05) is 0 Å². The number of aliphatic hydroxyl groups excluding tert-OH is 3. The van der Waals surface area contributed by atoms with Crippen LogP contribution < -0.4 is 5.73 Å². The van der Waals surface area contributed by atoms with Crippen LogP contribution in [-0.2, 0) is 4.79 Å². The van der Waals surface area contributed by atoms with E-state index in [0.717, 1.165) is 0 Å². The van der Waals surface area contributed by atoms with Crippen molar-refractivity contribution in [1.29, 1.82) is 0 Å². The van der Waals surface area contributed by atoms with Gasteiger partial charge in [0, 0.05) is 0 Å². The molecule has 0 rings (SSSR count). The molecule has 0 unspecified atom stereocenters. The Balaban J connectivity index is 4.00. The SMILES string of the molecule is C[C@@H](O)[C@@H](O)[C@H](O)[C@H](N)C=O. The number of aldehydes is 1. The van der Waals surface area contributed by atoms with Gasteiger partial charge in [-0.15, -0.1) is 0 Å². The molecule has 4 atom stereocenters. The monoisotopic (exact) mass is 163 g/mol. The van der Waals surface area contributed by atoms with Crippen LogP contribution in [0.2, 0.25) is 0 Å². The Kier molecular flexibility index (Phi) is 4.20. The van der Waals surface area contributed by atoms with Crippen LogP contribution >= 0.6 is 0 Å². The smallest absolute Gasteiger partial charge is 0.139 e. The third kappa shape index (κ3) is 2.94. The summed E-state index contributed by atoms with van der Waals surface area (Å²) in [5.74, 6) is 0. The maximum absolute atomic E-state index is 10.00. The summed E-state index contributed by atoms with van der Waals surface area (Å²) in [5, 5.41) is 26.7. The number of aliphatic hydroxyl groups is 3. The average Bonchev–Trinajstić information content (AvgIpc) is 2.00. The fourth-order valence-electron chi connectivity index (χ4n) is 0.594. The molecule has 0 fully saturated rings. The molecule has 0 radical (unpaired) electrons. The summed E-state index contributed by atoms with van der Waals surface area (Å²) in [6.07, 6.45) is -3.57. The second-order valence-corrected chi connectivity index (χ2v) is 2.44. The molecule has 0 amide bonds. The first-order chi connectivity index (χ1) is 5.00.